The first-order valence-electron chi connectivity index (χ1n) is 23.0. The summed E-state index contributed by atoms with van der Waals surface area (Å²) in [6.07, 6.45) is 5.81. The average molecular weight is 976 g/mol. The van der Waals surface area contributed by atoms with Crippen molar-refractivity contribution in [2.75, 3.05) is 31.7 Å². The Labute approximate surface area is 400 Å². The highest BCUT2D eigenvalue weighted by Crippen LogP contribution is 2.38. The molecule has 5 N–H and O–H groups in total. The number of ether oxygens (including phenoxy) is 2. The van der Waals surface area contributed by atoms with Gasteiger partial charge in [0.2, 0.25) is 11.8 Å². The van der Waals surface area contributed by atoms with Gasteiger partial charge in [0, 0.05) is 62.6 Å². The molecule has 0 aliphatic rings. The van der Waals surface area contributed by atoms with Crippen LogP contribution in [0.3, 0.4) is 0 Å². The van der Waals surface area contributed by atoms with Crippen LogP contribution in [0.5, 0.6) is 5.75 Å². The number of thiazole rings is 1. The number of nitro benzene ring substituents is 1. The highest BCUT2D eigenvalue weighted by atomic mass is 32.1. The van der Waals surface area contributed by atoms with E-state index < -0.39 is 36.9 Å². The van der Waals surface area contributed by atoms with Crippen LogP contribution in [-0.4, -0.2) is 92.4 Å². The van der Waals surface area contributed by atoms with Gasteiger partial charge < -0.3 is 35.3 Å². The summed E-state index contributed by atoms with van der Waals surface area (Å²) in [6, 6.07) is 5.88. The highest BCUT2D eigenvalue weighted by Gasteiger charge is 2.37. The molecule has 5 aromatic rings. The zero-order chi connectivity index (χ0) is 49.9. The molecule has 0 saturated heterocycles. The zero-order valence-electron chi connectivity index (χ0n) is 40.6. The minimum Gasteiger partial charge on any atom is -0.491 e. The van der Waals surface area contributed by atoms with Crippen LogP contribution in [0.25, 0.3) is 10.3 Å². The number of hydrogen-bond acceptors (Lipinski definition) is 14. The highest BCUT2D eigenvalue weighted by molar-refractivity contribution is 7.16. The fourth-order valence-corrected chi connectivity index (χ4v) is 9.44. The minimum atomic E-state index is -1.99. The lowest BCUT2D eigenvalue weighted by Gasteiger charge is -2.36. The van der Waals surface area contributed by atoms with E-state index in [4.69, 9.17) is 25.4 Å². The first-order valence-corrected chi connectivity index (χ1v) is 26.7. The third-order valence-electron chi connectivity index (χ3n) is 11.9. The van der Waals surface area contributed by atoms with E-state index in [0.29, 0.717) is 78.5 Å². The van der Waals surface area contributed by atoms with E-state index >= 15 is 0 Å². The van der Waals surface area contributed by atoms with Gasteiger partial charge in [-0.3, -0.25) is 33.9 Å². The molecule has 4 aromatic heterocycles. The van der Waals surface area contributed by atoms with Crippen molar-refractivity contribution in [2.24, 2.45) is 16.5 Å². The maximum absolute atomic E-state index is 14.3. The number of aromatic nitrogens is 6. The number of carbonyl (C=O) groups is 4. The number of rotatable bonds is 25. The van der Waals surface area contributed by atoms with Crippen molar-refractivity contribution >= 4 is 65.1 Å². The minimum absolute atomic E-state index is 0.0301. The summed E-state index contributed by atoms with van der Waals surface area (Å²) < 4.78 is 23.3. The standard InChI is InChI=1S/C46H65N11O9SSi/c1-10-55-39(33(30(4)53-55)18-13-12-15-21-56-35(24-29(3)52-56)44(61)64-11-2)43(60)51-45-54(42-37(67-45)27-32(28-50-42)41(48)59)20-16-14-19-49-38-34(57(62)63)25-31(40(47)58)26-36(38)65-22-17-23-66-68(8,9)46(5,6)7/h24-28,49H,10-23H2,1-9H3,(H2,47,58)(H2,48,59)/b51-45-. The smallest absolute Gasteiger partial charge is 0.356 e. The van der Waals surface area contributed by atoms with Crippen LogP contribution in [0.2, 0.25) is 18.1 Å². The van der Waals surface area contributed by atoms with Gasteiger partial charge in [0.05, 0.1) is 39.8 Å². The van der Waals surface area contributed by atoms with E-state index in [9.17, 15) is 29.3 Å². The van der Waals surface area contributed by atoms with Crippen molar-refractivity contribution < 1.29 is 38.0 Å². The van der Waals surface area contributed by atoms with Crippen molar-refractivity contribution in [3.8, 4) is 5.75 Å². The topological polar surface area (TPSA) is 269 Å². The van der Waals surface area contributed by atoms with Gasteiger partial charge in [0.15, 0.2) is 24.5 Å². The van der Waals surface area contributed by atoms with Crippen LogP contribution >= 0.6 is 11.3 Å². The number of fused-ring (bicyclic) bond motifs is 1. The van der Waals surface area contributed by atoms with Crippen molar-refractivity contribution in [1.29, 1.82) is 0 Å². The molecule has 0 spiro atoms. The Kier molecular flexibility index (Phi) is 18.0. The molecule has 0 aliphatic carbocycles. The number of pyridine rings is 1. The molecule has 0 radical (unpaired) electrons. The van der Waals surface area contributed by atoms with E-state index in [1.807, 2.05) is 25.3 Å². The number of nitro groups is 1. The molecule has 20 nitrogen and oxygen atoms in total. The average Bonchev–Trinajstić information content (AvgIpc) is 3.93. The summed E-state index contributed by atoms with van der Waals surface area (Å²) in [5.41, 5.74) is 14.6. The Balaban J connectivity index is 1.32. The van der Waals surface area contributed by atoms with E-state index in [0.717, 1.165) is 42.3 Å². The van der Waals surface area contributed by atoms with Crippen LogP contribution < -0.4 is 26.3 Å². The monoisotopic (exact) mass is 975 g/mol. The fraction of sp³-hybridized carbons (Fsp3) is 0.522. The summed E-state index contributed by atoms with van der Waals surface area (Å²) in [4.78, 5) is 72.3. The van der Waals surface area contributed by atoms with Crippen LogP contribution in [0, 0.1) is 24.0 Å². The van der Waals surface area contributed by atoms with E-state index in [2.05, 4.69) is 59.4 Å². The number of aryl methyl sites for hydroxylation is 5. The number of amides is 3. The molecule has 368 valence electrons. The van der Waals surface area contributed by atoms with Crippen molar-refractivity contribution in [1.82, 2.24) is 29.1 Å². The van der Waals surface area contributed by atoms with Crippen LogP contribution in [-0.2, 0) is 35.2 Å². The Bertz CT molecular complexity index is 2710. The molecular formula is C46H65N11O9SSi. The predicted molar refractivity (Wildman–Crippen MR) is 262 cm³/mol. The van der Waals surface area contributed by atoms with E-state index in [1.54, 1.807) is 28.4 Å². The Morgan fingerprint density at radius 2 is 1.63 bits per heavy atom. The van der Waals surface area contributed by atoms with Crippen LogP contribution in [0.1, 0.15) is 132 Å². The van der Waals surface area contributed by atoms with Crippen LogP contribution in [0.4, 0.5) is 11.4 Å². The molecular weight excluding hydrogens is 911 g/mol. The number of esters is 1. The maximum atomic E-state index is 14.3. The van der Waals surface area contributed by atoms with Gasteiger partial charge in [0.1, 0.15) is 17.1 Å². The molecule has 4 heterocycles. The second-order valence-electron chi connectivity index (χ2n) is 18.0. The fourth-order valence-electron chi connectivity index (χ4n) is 7.30. The molecule has 3 amide bonds. The third-order valence-corrected chi connectivity index (χ3v) is 17.5. The molecule has 1 aromatic carbocycles. The van der Waals surface area contributed by atoms with Crippen LogP contribution in [0.15, 0.2) is 35.5 Å². The summed E-state index contributed by atoms with van der Waals surface area (Å²) in [5, 5.41) is 24.6. The number of unbranched alkanes of at least 4 members (excludes halogenated alkanes) is 3. The van der Waals surface area contributed by atoms with Gasteiger partial charge >= 0.3 is 5.97 Å². The van der Waals surface area contributed by atoms with Gasteiger partial charge in [-0.05, 0) is 96.1 Å². The van der Waals surface area contributed by atoms with Gasteiger partial charge in [-0.15, -0.1) is 0 Å². The number of nitrogens with one attached hydrogen (secondary N) is 1. The number of anilines is 1. The lowest BCUT2D eigenvalue weighted by Crippen LogP contribution is -2.41. The number of hydrogen-bond donors (Lipinski definition) is 3. The molecule has 0 saturated carbocycles. The Morgan fingerprint density at radius 3 is 2.29 bits per heavy atom. The lowest BCUT2D eigenvalue weighted by atomic mass is 10.0. The van der Waals surface area contributed by atoms with E-state index in [1.165, 1.54) is 23.6 Å². The first kappa shape index (κ1) is 52.7. The number of nitrogens with two attached hydrogens (primary N) is 2. The largest absolute Gasteiger partial charge is 0.491 e. The number of primary amides is 2. The summed E-state index contributed by atoms with van der Waals surface area (Å²) in [7, 11) is -1.99. The third kappa shape index (κ3) is 13.0. The molecule has 0 aliphatic heterocycles. The number of carbonyl (C=O) groups excluding carboxylic acids is 4. The maximum Gasteiger partial charge on any atom is 0.356 e. The first-order chi connectivity index (χ1) is 32.2. The van der Waals surface area contributed by atoms with Gasteiger partial charge in [-0.2, -0.15) is 15.2 Å². The molecule has 0 unspecified atom stereocenters. The Hall–Kier alpha value is -6.26. The molecule has 0 atom stereocenters. The van der Waals surface area contributed by atoms with Crippen molar-refractivity contribution in [3.05, 3.63) is 84.8 Å². The second kappa shape index (κ2) is 23.2. The zero-order valence-corrected chi connectivity index (χ0v) is 42.4. The predicted octanol–water partition coefficient (Wildman–Crippen LogP) is 7.25. The summed E-state index contributed by atoms with van der Waals surface area (Å²) in [6.45, 7) is 20.7. The van der Waals surface area contributed by atoms with Crippen molar-refractivity contribution in [3.63, 3.8) is 0 Å². The van der Waals surface area contributed by atoms with Gasteiger partial charge in [-0.25, -0.2) is 9.78 Å². The quantitative estimate of drug-likeness (QED) is 0.0171. The summed E-state index contributed by atoms with van der Waals surface area (Å²) >= 11 is 1.20. The lowest BCUT2D eigenvalue weighted by molar-refractivity contribution is -0.384. The molecule has 68 heavy (non-hydrogen) atoms. The summed E-state index contributed by atoms with van der Waals surface area (Å²) in [5.74, 6) is -2.23. The van der Waals surface area contributed by atoms with Gasteiger partial charge in [0.25, 0.3) is 11.6 Å². The Morgan fingerprint density at radius 1 is 0.912 bits per heavy atom. The second-order valence-corrected chi connectivity index (χ2v) is 23.8. The van der Waals surface area contributed by atoms with E-state index in [-0.39, 0.29) is 53.0 Å². The van der Waals surface area contributed by atoms with Gasteiger partial charge in [-0.1, -0.05) is 38.5 Å². The number of nitrogens with zero attached hydrogens (tertiary/aromatic N) is 8. The molecule has 0 bridgehead atoms. The molecule has 0 fully saturated rings. The molecule has 5 rings (SSSR count). The number of benzene rings is 1. The SMILES string of the molecule is CCOC(=O)c1cc(C)nn1CCCCCc1c(C)nn(CC)c1C(=O)/N=c1\sc2cc(C(N)=O)cnc2n1CCCCNc1c(OCCCO[Si](C)(C)C(C)(C)C)cc(C(N)=O)cc1[N+](=O)[O-]. The normalized spacial score (nSPS) is 12.2. The molecule has 22 heteroatoms. The van der Waals surface area contributed by atoms with Crippen molar-refractivity contribution in [2.45, 2.75) is 131 Å².